The maximum atomic E-state index is 13.3. The lowest BCUT2D eigenvalue weighted by molar-refractivity contribution is -0.155. The van der Waals surface area contributed by atoms with Crippen molar-refractivity contribution in [3.8, 4) is 28.7 Å². The van der Waals surface area contributed by atoms with Crippen LogP contribution in [0.25, 0.3) is 0 Å². The lowest BCUT2D eigenvalue weighted by atomic mass is 9.64. The summed E-state index contributed by atoms with van der Waals surface area (Å²) in [6.45, 7) is 1.73. The molecule has 0 aromatic heterocycles. The maximum absolute atomic E-state index is 13.3. The van der Waals surface area contributed by atoms with Crippen LogP contribution in [0.2, 0.25) is 0 Å². The van der Waals surface area contributed by atoms with Gasteiger partial charge in [-0.05, 0) is 72.9 Å². The SMILES string of the molecule is COC(=O)[C@@H]1C[C@H](OC(=O)c2cc(OC)c(OC)c(OC)c2)C[C@@H]2CN3CCc4cc(OC)c(OC)cc4[C@@H]3C[C@@H]21. The second-order valence-corrected chi connectivity index (χ2v) is 10.9. The molecule has 41 heavy (non-hydrogen) atoms. The molecular formula is C31H39NO9. The highest BCUT2D eigenvalue weighted by Gasteiger charge is 2.49. The van der Waals surface area contributed by atoms with E-state index in [-0.39, 0.29) is 35.3 Å². The summed E-state index contributed by atoms with van der Waals surface area (Å²) in [5.74, 6) is 1.74. The lowest BCUT2D eigenvalue weighted by Crippen LogP contribution is -2.52. The first-order valence-electron chi connectivity index (χ1n) is 13.9. The number of nitrogens with zero attached hydrogens (tertiary/aromatic N) is 1. The molecule has 1 aliphatic carbocycles. The largest absolute Gasteiger partial charge is 0.493 e. The van der Waals surface area contributed by atoms with E-state index in [2.05, 4.69) is 17.0 Å². The lowest BCUT2D eigenvalue weighted by Gasteiger charge is -2.51. The van der Waals surface area contributed by atoms with Crippen molar-refractivity contribution < 1.29 is 42.7 Å². The van der Waals surface area contributed by atoms with Crippen molar-refractivity contribution in [1.29, 1.82) is 0 Å². The van der Waals surface area contributed by atoms with E-state index in [9.17, 15) is 9.59 Å². The van der Waals surface area contributed by atoms with Gasteiger partial charge in [0.25, 0.3) is 0 Å². The quantitative estimate of drug-likeness (QED) is 0.432. The Balaban J connectivity index is 1.38. The first kappa shape index (κ1) is 28.9. The summed E-state index contributed by atoms with van der Waals surface area (Å²) in [4.78, 5) is 28.9. The van der Waals surface area contributed by atoms with Gasteiger partial charge in [0, 0.05) is 19.1 Å². The molecule has 0 N–H and O–H groups in total. The van der Waals surface area contributed by atoms with Crippen LogP contribution in [-0.4, -0.2) is 78.7 Å². The van der Waals surface area contributed by atoms with Gasteiger partial charge in [0.1, 0.15) is 6.10 Å². The summed E-state index contributed by atoms with van der Waals surface area (Å²) < 4.78 is 38.6. The minimum absolute atomic E-state index is 0.110. The third kappa shape index (κ3) is 5.37. The Labute approximate surface area is 240 Å². The molecule has 2 fully saturated rings. The Bertz CT molecular complexity index is 1270. The minimum atomic E-state index is -0.502. The van der Waals surface area contributed by atoms with Crippen LogP contribution in [0.5, 0.6) is 28.7 Å². The van der Waals surface area contributed by atoms with Gasteiger partial charge in [-0.25, -0.2) is 4.79 Å². The van der Waals surface area contributed by atoms with Crippen molar-refractivity contribution in [3.05, 3.63) is 41.0 Å². The summed E-state index contributed by atoms with van der Waals surface area (Å²) in [6.07, 6.45) is 2.39. The zero-order valence-electron chi connectivity index (χ0n) is 24.6. The van der Waals surface area contributed by atoms with E-state index in [1.807, 2.05) is 0 Å². The van der Waals surface area contributed by atoms with Crippen molar-refractivity contribution in [2.45, 2.75) is 37.8 Å². The summed E-state index contributed by atoms with van der Waals surface area (Å²) in [5, 5.41) is 0. The van der Waals surface area contributed by atoms with E-state index < -0.39 is 12.1 Å². The van der Waals surface area contributed by atoms with Crippen LogP contribution >= 0.6 is 0 Å². The van der Waals surface area contributed by atoms with Gasteiger partial charge in [-0.15, -0.1) is 0 Å². The molecule has 0 spiro atoms. The van der Waals surface area contributed by atoms with Gasteiger partial charge < -0.3 is 33.2 Å². The fraction of sp³-hybridized carbons (Fsp3) is 0.548. The number of carbonyl (C=O) groups is 2. The number of fused-ring (bicyclic) bond motifs is 4. The normalized spacial score (nSPS) is 25.1. The Kier molecular flexibility index (Phi) is 8.49. The van der Waals surface area contributed by atoms with Crippen molar-refractivity contribution in [3.63, 3.8) is 0 Å². The molecule has 1 saturated carbocycles. The van der Waals surface area contributed by atoms with Crippen molar-refractivity contribution in [2.24, 2.45) is 17.8 Å². The third-order valence-electron chi connectivity index (χ3n) is 8.96. The van der Waals surface area contributed by atoms with Crippen LogP contribution in [0.1, 0.15) is 46.8 Å². The Morgan fingerprint density at radius 3 is 2.05 bits per heavy atom. The minimum Gasteiger partial charge on any atom is -0.493 e. The topological polar surface area (TPSA) is 102 Å². The van der Waals surface area contributed by atoms with Crippen LogP contribution in [-0.2, 0) is 20.7 Å². The smallest absolute Gasteiger partial charge is 0.338 e. The van der Waals surface area contributed by atoms with Gasteiger partial charge >= 0.3 is 11.9 Å². The van der Waals surface area contributed by atoms with Crippen LogP contribution in [0.4, 0.5) is 0 Å². The molecule has 0 bridgehead atoms. The molecule has 2 heterocycles. The molecule has 5 rings (SSSR count). The van der Waals surface area contributed by atoms with Gasteiger partial charge in [-0.2, -0.15) is 0 Å². The number of carbonyl (C=O) groups excluding carboxylic acids is 2. The molecule has 2 aliphatic heterocycles. The second-order valence-electron chi connectivity index (χ2n) is 10.9. The molecule has 222 valence electrons. The zero-order chi connectivity index (χ0) is 29.3. The first-order valence-corrected chi connectivity index (χ1v) is 13.9. The molecule has 2 aromatic carbocycles. The van der Waals surface area contributed by atoms with Gasteiger partial charge in [-0.1, -0.05) is 0 Å². The Hall–Kier alpha value is -3.66. The molecule has 10 heteroatoms. The zero-order valence-corrected chi connectivity index (χ0v) is 24.6. The van der Waals surface area contributed by atoms with E-state index in [0.29, 0.717) is 35.8 Å². The highest BCUT2D eigenvalue weighted by molar-refractivity contribution is 5.91. The molecule has 3 aliphatic rings. The molecule has 0 radical (unpaired) electrons. The maximum Gasteiger partial charge on any atom is 0.338 e. The van der Waals surface area contributed by atoms with Gasteiger partial charge in [0.2, 0.25) is 5.75 Å². The fourth-order valence-corrected chi connectivity index (χ4v) is 7.03. The van der Waals surface area contributed by atoms with Crippen LogP contribution in [0.15, 0.2) is 24.3 Å². The molecule has 2 aromatic rings. The van der Waals surface area contributed by atoms with Crippen LogP contribution in [0, 0.1) is 17.8 Å². The van der Waals surface area contributed by atoms with Gasteiger partial charge in [0.15, 0.2) is 23.0 Å². The van der Waals surface area contributed by atoms with Crippen molar-refractivity contribution in [2.75, 3.05) is 55.7 Å². The summed E-state index contributed by atoms with van der Waals surface area (Å²) in [7, 11) is 9.22. The molecule has 1 saturated heterocycles. The van der Waals surface area contributed by atoms with E-state index >= 15 is 0 Å². The average molecular weight is 570 g/mol. The summed E-state index contributed by atoms with van der Waals surface area (Å²) in [5.41, 5.74) is 2.77. The molecule has 10 nitrogen and oxygen atoms in total. The summed E-state index contributed by atoms with van der Waals surface area (Å²) in [6, 6.07) is 7.49. The standard InChI is InChI=1S/C31H39NO9/c1-35-25-10-17-7-8-32-16-19-9-20(41-30(33)18-11-27(37-3)29(39-5)28(12-18)38-4)13-23(31(34)40-6)21(19)14-24(32)22(17)15-26(25)36-2/h10-12,15,19-21,23-24H,7-9,13-14,16H2,1-6H3/t19-,20-,21+,23-,24+/m1/s1. The number of hydrogen-bond donors (Lipinski definition) is 0. The highest BCUT2D eigenvalue weighted by atomic mass is 16.6. The Morgan fingerprint density at radius 1 is 0.780 bits per heavy atom. The highest BCUT2D eigenvalue weighted by Crippen LogP contribution is 2.50. The monoisotopic (exact) mass is 569 g/mol. The van der Waals surface area contributed by atoms with E-state index in [1.165, 1.54) is 39.6 Å². The average Bonchev–Trinajstić information content (AvgIpc) is 3.01. The van der Waals surface area contributed by atoms with Crippen LogP contribution < -0.4 is 23.7 Å². The number of methoxy groups -OCH3 is 6. The summed E-state index contributed by atoms with van der Waals surface area (Å²) >= 11 is 0. The third-order valence-corrected chi connectivity index (χ3v) is 8.96. The Morgan fingerprint density at radius 2 is 1.44 bits per heavy atom. The number of rotatable bonds is 8. The van der Waals surface area contributed by atoms with Crippen molar-refractivity contribution in [1.82, 2.24) is 4.90 Å². The van der Waals surface area contributed by atoms with E-state index in [4.69, 9.17) is 33.2 Å². The van der Waals surface area contributed by atoms with Crippen molar-refractivity contribution >= 4 is 11.9 Å². The first-order chi connectivity index (χ1) is 19.8. The number of benzene rings is 2. The number of hydrogen-bond acceptors (Lipinski definition) is 10. The van der Waals surface area contributed by atoms with Gasteiger partial charge in [-0.3, -0.25) is 9.69 Å². The van der Waals surface area contributed by atoms with E-state index in [0.717, 1.165) is 31.7 Å². The number of piperidine rings is 1. The van der Waals surface area contributed by atoms with Gasteiger partial charge in [0.05, 0.1) is 54.1 Å². The van der Waals surface area contributed by atoms with Crippen LogP contribution in [0.3, 0.4) is 0 Å². The predicted octanol–water partition coefficient (Wildman–Crippen LogP) is 4.07. The fourth-order valence-electron chi connectivity index (χ4n) is 7.03. The predicted molar refractivity (Wildman–Crippen MR) is 149 cm³/mol. The van der Waals surface area contributed by atoms with E-state index in [1.54, 1.807) is 26.4 Å². The molecule has 5 atom stereocenters. The number of ether oxygens (including phenoxy) is 7. The molecule has 0 unspecified atom stereocenters. The number of esters is 2. The molecule has 0 amide bonds. The molecular weight excluding hydrogens is 530 g/mol. The second kappa shape index (κ2) is 12.1.